The van der Waals surface area contributed by atoms with Crippen LogP contribution in [0, 0.1) is 0 Å². The third-order valence-corrected chi connectivity index (χ3v) is 7.24. The SMILES string of the molecule is COc1ccc(CNC(=O)CN(Cc2ccc(Cl)c(Cl)c2)S(=O)(=O)c2ccccc2)cc1. The van der Waals surface area contributed by atoms with E-state index in [1.54, 1.807) is 55.6 Å². The van der Waals surface area contributed by atoms with Gasteiger partial charge in [0.1, 0.15) is 5.75 Å². The van der Waals surface area contributed by atoms with E-state index in [2.05, 4.69) is 5.32 Å². The van der Waals surface area contributed by atoms with Gasteiger partial charge in [-0.05, 0) is 47.5 Å². The van der Waals surface area contributed by atoms with Gasteiger partial charge < -0.3 is 10.1 Å². The van der Waals surface area contributed by atoms with E-state index >= 15 is 0 Å². The number of sulfonamides is 1. The van der Waals surface area contributed by atoms with E-state index in [1.165, 1.54) is 12.1 Å². The molecule has 0 bridgehead atoms. The molecule has 0 aliphatic carbocycles. The van der Waals surface area contributed by atoms with Gasteiger partial charge in [0.05, 0.1) is 28.6 Å². The van der Waals surface area contributed by atoms with Crippen molar-refractivity contribution < 1.29 is 17.9 Å². The highest BCUT2D eigenvalue weighted by Crippen LogP contribution is 2.25. The normalized spacial score (nSPS) is 11.4. The summed E-state index contributed by atoms with van der Waals surface area (Å²) in [5.74, 6) is 0.280. The molecule has 0 heterocycles. The molecule has 9 heteroatoms. The minimum Gasteiger partial charge on any atom is -0.497 e. The second-order valence-corrected chi connectivity index (χ2v) is 9.71. The van der Waals surface area contributed by atoms with Gasteiger partial charge in [-0.1, -0.05) is 59.6 Å². The van der Waals surface area contributed by atoms with Crippen molar-refractivity contribution in [1.29, 1.82) is 0 Å². The Kier molecular flexibility index (Phi) is 8.15. The molecular formula is C23H22Cl2N2O4S. The van der Waals surface area contributed by atoms with E-state index < -0.39 is 15.9 Å². The summed E-state index contributed by atoms with van der Waals surface area (Å²) in [7, 11) is -2.35. The highest BCUT2D eigenvalue weighted by atomic mass is 35.5. The largest absolute Gasteiger partial charge is 0.497 e. The smallest absolute Gasteiger partial charge is 0.243 e. The second-order valence-electron chi connectivity index (χ2n) is 6.96. The van der Waals surface area contributed by atoms with Crippen LogP contribution in [-0.4, -0.2) is 32.3 Å². The van der Waals surface area contributed by atoms with E-state index in [1.807, 2.05) is 12.1 Å². The van der Waals surface area contributed by atoms with Gasteiger partial charge in [0.2, 0.25) is 15.9 Å². The fourth-order valence-electron chi connectivity index (χ4n) is 2.97. The molecule has 32 heavy (non-hydrogen) atoms. The van der Waals surface area contributed by atoms with Crippen molar-refractivity contribution in [3.63, 3.8) is 0 Å². The molecule has 0 spiro atoms. The number of halogens is 2. The van der Waals surface area contributed by atoms with Crippen LogP contribution in [0.5, 0.6) is 5.75 Å². The van der Waals surface area contributed by atoms with Crippen molar-refractivity contribution >= 4 is 39.1 Å². The summed E-state index contributed by atoms with van der Waals surface area (Å²) in [6, 6.07) is 20.1. The zero-order chi connectivity index (χ0) is 23.1. The summed E-state index contributed by atoms with van der Waals surface area (Å²) in [5, 5.41) is 3.44. The molecule has 0 unspecified atom stereocenters. The monoisotopic (exact) mass is 492 g/mol. The molecule has 0 radical (unpaired) electrons. The third-order valence-electron chi connectivity index (χ3n) is 4.69. The van der Waals surface area contributed by atoms with E-state index in [9.17, 15) is 13.2 Å². The Hall–Kier alpha value is -2.58. The number of carbonyl (C=O) groups excluding carboxylic acids is 1. The van der Waals surface area contributed by atoms with Gasteiger partial charge in [-0.15, -0.1) is 0 Å². The molecule has 0 aromatic heterocycles. The van der Waals surface area contributed by atoms with Gasteiger partial charge in [0.25, 0.3) is 0 Å². The van der Waals surface area contributed by atoms with Crippen molar-refractivity contribution in [2.75, 3.05) is 13.7 Å². The topological polar surface area (TPSA) is 75.7 Å². The molecule has 168 valence electrons. The first-order valence-corrected chi connectivity index (χ1v) is 11.9. The molecule has 0 saturated heterocycles. The van der Waals surface area contributed by atoms with Crippen LogP contribution in [-0.2, 0) is 27.9 Å². The Morgan fingerprint density at radius 2 is 1.59 bits per heavy atom. The van der Waals surface area contributed by atoms with Crippen LogP contribution < -0.4 is 10.1 Å². The Bertz CT molecular complexity index is 1170. The van der Waals surface area contributed by atoms with Crippen LogP contribution in [0.15, 0.2) is 77.7 Å². The van der Waals surface area contributed by atoms with Crippen LogP contribution in [0.4, 0.5) is 0 Å². The molecule has 6 nitrogen and oxygen atoms in total. The zero-order valence-electron chi connectivity index (χ0n) is 17.3. The highest BCUT2D eigenvalue weighted by Gasteiger charge is 2.27. The van der Waals surface area contributed by atoms with E-state index in [0.717, 1.165) is 9.87 Å². The van der Waals surface area contributed by atoms with Crippen LogP contribution >= 0.6 is 23.2 Å². The lowest BCUT2D eigenvalue weighted by molar-refractivity contribution is -0.121. The number of methoxy groups -OCH3 is 1. The zero-order valence-corrected chi connectivity index (χ0v) is 19.6. The number of ether oxygens (including phenoxy) is 1. The van der Waals surface area contributed by atoms with E-state index in [-0.39, 0.29) is 24.5 Å². The molecule has 0 aliphatic rings. The van der Waals surface area contributed by atoms with E-state index in [4.69, 9.17) is 27.9 Å². The summed E-state index contributed by atoms with van der Waals surface area (Å²) in [4.78, 5) is 12.8. The number of nitrogens with zero attached hydrogens (tertiary/aromatic N) is 1. The van der Waals surface area contributed by atoms with Gasteiger partial charge in [-0.25, -0.2) is 8.42 Å². The quantitative estimate of drug-likeness (QED) is 0.476. The average molecular weight is 493 g/mol. The van der Waals surface area contributed by atoms with Crippen molar-refractivity contribution in [2.45, 2.75) is 18.0 Å². The molecule has 3 rings (SSSR count). The molecule has 3 aromatic carbocycles. The lowest BCUT2D eigenvalue weighted by atomic mass is 10.2. The number of benzene rings is 3. The van der Waals surface area contributed by atoms with E-state index in [0.29, 0.717) is 21.4 Å². The summed E-state index contributed by atoms with van der Waals surface area (Å²) in [5.41, 5.74) is 1.47. The van der Waals surface area contributed by atoms with Crippen LogP contribution in [0.25, 0.3) is 0 Å². The first-order chi connectivity index (χ1) is 15.3. The van der Waals surface area contributed by atoms with Crippen LogP contribution in [0.2, 0.25) is 10.0 Å². The number of amides is 1. The van der Waals surface area contributed by atoms with Gasteiger partial charge in [-0.2, -0.15) is 4.31 Å². The standard InChI is InChI=1S/C23H22Cl2N2O4S/c1-31-19-10-7-17(8-11-19)14-26-23(28)16-27(15-18-9-12-21(24)22(25)13-18)32(29,30)20-5-3-2-4-6-20/h2-13H,14-16H2,1H3,(H,26,28). The maximum Gasteiger partial charge on any atom is 0.243 e. The number of nitrogens with one attached hydrogen (secondary N) is 1. The summed E-state index contributed by atoms with van der Waals surface area (Å²) in [6.07, 6.45) is 0. The van der Waals surface area contributed by atoms with Gasteiger partial charge >= 0.3 is 0 Å². The predicted octanol–water partition coefficient (Wildman–Crippen LogP) is 4.51. The fraction of sp³-hybridized carbons (Fsp3) is 0.174. The molecule has 0 atom stereocenters. The minimum absolute atomic E-state index is 0.0376. The summed E-state index contributed by atoms with van der Waals surface area (Å²) >= 11 is 12.1. The third kappa shape index (κ3) is 6.23. The van der Waals surface area contributed by atoms with Gasteiger partial charge in [0, 0.05) is 13.1 Å². The van der Waals surface area contributed by atoms with Crippen LogP contribution in [0.1, 0.15) is 11.1 Å². The van der Waals surface area contributed by atoms with Crippen molar-refractivity contribution in [1.82, 2.24) is 9.62 Å². The molecule has 0 aliphatic heterocycles. The lowest BCUT2D eigenvalue weighted by Crippen LogP contribution is -2.40. The fourth-order valence-corrected chi connectivity index (χ4v) is 4.70. The first kappa shape index (κ1) is 24.1. The van der Waals surface area contributed by atoms with Gasteiger partial charge in [-0.3, -0.25) is 4.79 Å². The molecule has 0 saturated carbocycles. The van der Waals surface area contributed by atoms with Crippen molar-refractivity contribution in [3.05, 3.63) is 94.0 Å². The Labute approximate surface area is 197 Å². The molecular weight excluding hydrogens is 471 g/mol. The molecule has 0 fully saturated rings. The average Bonchev–Trinajstić information content (AvgIpc) is 2.80. The Morgan fingerprint density at radius 1 is 0.938 bits per heavy atom. The molecule has 1 amide bonds. The number of carbonyl (C=O) groups is 1. The van der Waals surface area contributed by atoms with Gasteiger partial charge in [0.15, 0.2) is 0 Å². The lowest BCUT2D eigenvalue weighted by Gasteiger charge is -2.22. The predicted molar refractivity (Wildman–Crippen MR) is 125 cm³/mol. The Balaban J connectivity index is 1.78. The van der Waals surface area contributed by atoms with Crippen molar-refractivity contribution in [2.24, 2.45) is 0 Å². The summed E-state index contributed by atoms with van der Waals surface area (Å²) in [6.45, 7) is -0.132. The first-order valence-electron chi connectivity index (χ1n) is 9.68. The number of rotatable bonds is 9. The number of hydrogen-bond acceptors (Lipinski definition) is 4. The summed E-state index contributed by atoms with van der Waals surface area (Å²) < 4.78 is 32.7. The second kappa shape index (κ2) is 10.8. The molecule has 1 N–H and O–H groups in total. The minimum atomic E-state index is -3.93. The molecule has 3 aromatic rings. The van der Waals surface area contributed by atoms with Crippen molar-refractivity contribution in [3.8, 4) is 5.75 Å². The maximum absolute atomic E-state index is 13.2. The van der Waals surface area contributed by atoms with Crippen LogP contribution in [0.3, 0.4) is 0 Å². The highest BCUT2D eigenvalue weighted by molar-refractivity contribution is 7.89. The maximum atomic E-state index is 13.2. The Morgan fingerprint density at radius 3 is 2.22 bits per heavy atom. The number of hydrogen-bond donors (Lipinski definition) is 1.